The van der Waals surface area contributed by atoms with Crippen LogP contribution in [0.3, 0.4) is 0 Å². The zero-order valence-corrected chi connectivity index (χ0v) is 10.9. The Hall–Kier alpha value is -1.46. The maximum atomic E-state index is 11.8. The quantitative estimate of drug-likeness (QED) is 0.927. The fourth-order valence-corrected chi connectivity index (χ4v) is 1.63. The Labute approximate surface area is 111 Å². The number of benzene rings is 1. The summed E-state index contributed by atoms with van der Waals surface area (Å²) in [6, 6.07) is 6.77. The van der Waals surface area contributed by atoms with Crippen molar-refractivity contribution in [2.75, 3.05) is 5.32 Å². The summed E-state index contributed by atoms with van der Waals surface area (Å²) >= 11 is 9.20. The van der Waals surface area contributed by atoms with Crippen LogP contribution >= 0.6 is 27.5 Å². The van der Waals surface area contributed by atoms with Crippen LogP contribution in [0, 0.1) is 0 Å². The van der Waals surface area contributed by atoms with E-state index in [9.17, 15) is 4.79 Å². The summed E-state index contributed by atoms with van der Waals surface area (Å²) < 4.78 is 0.780. The van der Waals surface area contributed by atoms with Gasteiger partial charge >= 0.3 is 0 Å². The highest BCUT2D eigenvalue weighted by molar-refractivity contribution is 9.10. The van der Waals surface area contributed by atoms with E-state index in [2.05, 4.69) is 31.4 Å². The lowest BCUT2D eigenvalue weighted by molar-refractivity contribution is 0.102. The largest absolute Gasteiger partial charge is 0.322 e. The number of rotatable bonds is 2. The molecular weight excluding hydrogens is 305 g/mol. The Morgan fingerprint density at radius 2 is 2.12 bits per heavy atom. The fourth-order valence-electron chi connectivity index (χ4n) is 1.20. The van der Waals surface area contributed by atoms with Crippen LogP contribution in [0.25, 0.3) is 0 Å². The summed E-state index contributed by atoms with van der Waals surface area (Å²) in [5.74, 6) is -0.252. The second kappa shape index (κ2) is 5.25. The third-order valence-electron chi connectivity index (χ3n) is 2.02. The van der Waals surface area contributed by atoms with Crippen LogP contribution in [-0.2, 0) is 0 Å². The molecule has 4 nitrogen and oxygen atoms in total. The van der Waals surface area contributed by atoms with Crippen LogP contribution in [-0.4, -0.2) is 16.1 Å². The van der Waals surface area contributed by atoms with E-state index in [0.29, 0.717) is 16.3 Å². The van der Waals surface area contributed by atoms with Crippen LogP contribution in [0.15, 0.2) is 41.1 Å². The molecule has 0 saturated carbocycles. The van der Waals surface area contributed by atoms with Gasteiger partial charge in [-0.15, -0.1) is 0 Å². The number of hydrogen-bond donors (Lipinski definition) is 1. The second-order valence-corrected chi connectivity index (χ2v) is 4.48. The second-order valence-electron chi connectivity index (χ2n) is 3.21. The van der Waals surface area contributed by atoms with Crippen molar-refractivity contribution in [3.8, 4) is 0 Å². The van der Waals surface area contributed by atoms with Gasteiger partial charge < -0.3 is 5.32 Å². The van der Waals surface area contributed by atoms with Gasteiger partial charge in [0.15, 0.2) is 0 Å². The summed E-state index contributed by atoms with van der Waals surface area (Å²) in [5.41, 5.74) is 1.07. The van der Waals surface area contributed by atoms with Crippen molar-refractivity contribution in [2.24, 2.45) is 0 Å². The Kier molecular flexibility index (Phi) is 3.71. The van der Waals surface area contributed by atoms with Crippen molar-refractivity contribution < 1.29 is 4.79 Å². The molecule has 0 aliphatic rings. The van der Waals surface area contributed by atoms with Gasteiger partial charge in [0.25, 0.3) is 5.91 Å². The predicted molar refractivity (Wildman–Crippen MR) is 69.1 cm³/mol. The van der Waals surface area contributed by atoms with Crippen LogP contribution in [0.2, 0.25) is 5.02 Å². The van der Waals surface area contributed by atoms with Crippen molar-refractivity contribution in [3.63, 3.8) is 0 Å². The van der Waals surface area contributed by atoms with E-state index in [1.165, 1.54) is 12.4 Å². The van der Waals surface area contributed by atoms with E-state index in [1.807, 2.05) is 0 Å². The van der Waals surface area contributed by atoms with Gasteiger partial charge in [0, 0.05) is 10.2 Å². The van der Waals surface area contributed by atoms with E-state index in [4.69, 9.17) is 11.6 Å². The van der Waals surface area contributed by atoms with Gasteiger partial charge in [0.1, 0.15) is 0 Å². The molecule has 0 aliphatic carbocycles. The average molecular weight is 313 g/mol. The number of nitrogens with one attached hydrogen (secondary N) is 1. The Morgan fingerprint density at radius 3 is 2.76 bits per heavy atom. The lowest BCUT2D eigenvalue weighted by Crippen LogP contribution is -2.12. The monoisotopic (exact) mass is 311 g/mol. The number of halogens is 2. The molecule has 0 aliphatic heterocycles. The number of anilines is 1. The molecule has 1 aromatic heterocycles. The maximum absolute atomic E-state index is 11.8. The molecule has 0 spiro atoms. The van der Waals surface area contributed by atoms with Gasteiger partial charge in [-0.05, 0) is 40.2 Å². The highest BCUT2D eigenvalue weighted by Gasteiger charge is 2.07. The van der Waals surface area contributed by atoms with Gasteiger partial charge in [0.05, 0.1) is 23.0 Å². The fraction of sp³-hybridized carbons (Fsp3) is 0. The van der Waals surface area contributed by atoms with Gasteiger partial charge in [-0.2, -0.15) is 10.2 Å². The number of nitrogens with zero attached hydrogens (tertiary/aromatic N) is 2. The summed E-state index contributed by atoms with van der Waals surface area (Å²) in [6.07, 6.45) is 2.86. The Balaban J connectivity index is 2.16. The van der Waals surface area contributed by atoms with Crippen molar-refractivity contribution in [3.05, 3.63) is 51.7 Å². The molecule has 1 heterocycles. The van der Waals surface area contributed by atoms with E-state index in [1.54, 1.807) is 24.3 Å². The van der Waals surface area contributed by atoms with Gasteiger partial charge in [-0.3, -0.25) is 4.79 Å². The molecule has 2 rings (SSSR count). The zero-order valence-electron chi connectivity index (χ0n) is 8.52. The number of hydrogen-bond acceptors (Lipinski definition) is 3. The van der Waals surface area contributed by atoms with E-state index < -0.39 is 0 Å². The standard InChI is InChI=1S/C11H7BrClN3O/c12-9-2-1-8(5-10(9)13)16-11(17)7-3-4-14-15-6-7/h1-6H,(H,16,17). The molecule has 1 aromatic carbocycles. The minimum Gasteiger partial charge on any atom is -0.322 e. The van der Waals surface area contributed by atoms with Crippen LogP contribution in [0.5, 0.6) is 0 Å². The molecule has 6 heteroatoms. The first-order valence-corrected chi connectivity index (χ1v) is 5.87. The molecule has 0 unspecified atom stereocenters. The van der Waals surface area contributed by atoms with Gasteiger partial charge in [-0.1, -0.05) is 11.6 Å². The SMILES string of the molecule is O=C(Nc1ccc(Br)c(Cl)c1)c1ccnnc1. The maximum Gasteiger partial charge on any atom is 0.257 e. The molecule has 1 amide bonds. The summed E-state index contributed by atoms with van der Waals surface area (Å²) in [6.45, 7) is 0. The van der Waals surface area contributed by atoms with Crippen LogP contribution in [0.1, 0.15) is 10.4 Å². The van der Waals surface area contributed by atoms with Crippen LogP contribution in [0.4, 0.5) is 5.69 Å². The molecule has 2 aromatic rings. The van der Waals surface area contributed by atoms with Crippen molar-refractivity contribution in [2.45, 2.75) is 0 Å². The van der Waals surface area contributed by atoms with E-state index in [-0.39, 0.29) is 5.91 Å². The van der Waals surface area contributed by atoms with Crippen molar-refractivity contribution in [1.29, 1.82) is 0 Å². The molecule has 17 heavy (non-hydrogen) atoms. The molecule has 86 valence electrons. The lowest BCUT2D eigenvalue weighted by atomic mass is 10.2. The minimum absolute atomic E-state index is 0.252. The summed E-state index contributed by atoms with van der Waals surface area (Å²) in [7, 11) is 0. The molecular formula is C11H7BrClN3O. The van der Waals surface area contributed by atoms with E-state index in [0.717, 1.165) is 4.47 Å². The Bertz CT molecular complexity index is 548. The van der Waals surface area contributed by atoms with Crippen molar-refractivity contribution in [1.82, 2.24) is 10.2 Å². The molecule has 0 bridgehead atoms. The van der Waals surface area contributed by atoms with Crippen LogP contribution < -0.4 is 5.32 Å². The molecule has 1 N–H and O–H groups in total. The minimum atomic E-state index is -0.252. The zero-order chi connectivity index (χ0) is 12.3. The number of aromatic nitrogens is 2. The van der Waals surface area contributed by atoms with Gasteiger partial charge in [-0.25, -0.2) is 0 Å². The Morgan fingerprint density at radius 1 is 1.29 bits per heavy atom. The smallest absolute Gasteiger partial charge is 0.257 e. The third-order valence-corrected chi connectivity index (χ3v) is 3.26. The molecule has 0 saturated heterocycles. The first-order valence-electron chi connectivity index (χ1n) is 4.70. The highest BCUT2D eigenvalue weighted by Crippen LogP contribution is 2.25. The molecule has 0 fully saturated rings. The topological polar surface area (TPSA) is 54.9 Å². The van der Waals surface area contributed by atoms with Crippen molar-refractivity contribution >= 4 is 39.1 Å². The lowest BCUT2D eigenvalue weighted by Gasteiger charge is -2.05. The summed E-state index contributed by atoms with van der Waals surface area (Å²) in [5, 5.41) is 10.5. The average Bonchev–Trinajstić information content (AvgIpc) is 2.35. The third kappa shape index (κ3) is 3.01. The number of carbonyl (C=O) groups is 1. The summed E-state index contributed by atoms with van der Waals surface area (Å²) in [4.78, 5) is 11.8. The predicted octanol–water partition coefficient (Wildman–Crippen LogP) is 3.14. The first-order chi connectivity index (χ1) is 8.16. The number of carbonyl (C=O) groups excluding carboxylic acids is 1. The molecule has 0 atom stereocenters. The van der Waals surface area contributed by atoms with Gasteiger partial charge in [0.2, 0.25) is 0 Å². The highest BCUT2D eigenvalue weighted by atomic mass is 79.9. The molecule has 0 radical (unpaired) electrons. The van der Waals surface area contributed by atoms with E-state index >= 15 is 0 Å². The first kappa shape index (κ1) is 12.0. The normalized spacial score (nSPS) is 10.0. The number of amides is 1.